The fourth-order valence-corrected chi connectivity index (χ4v) is 4.98. The standard InChI is InChI=1S/C33H44O3/c1-34-32(35-2)27-19-8-6-4-3-5-7-9-20-28-36-33(29-21-13-10-14-22-29,30-23-15-11-16-24-30)31-25-17-12-18-26-31/h10-18,21-26,32H,3-9,19-20,27-28H2,1-2H3. The van der Waals surface area contributed by atoms with Crippen LogP contribution in [0.2, 0.25) is 0 Å². The molecule has 0 bridgehead atoms. The molecule has 3 aromatic carbocycles. The molecule has 0 aliphatic carbocycles. The van der Waals surface area contributed by atoms with Gasteiger partial charge in [0.25, 0.3) is 0 Å². The molecule has 0 aliphatic heterocycles. The lowest BCUT2D eigenvalue weighted by atomic mass is 9.80. The Labute approximate surface area is 218 Å². The summed E-state index contributed by atoms with van der Waals surface area (Å²) in [4.78, 5) is 0. The zero-order valence-corrected chi connectivity index (χ0v) is 22.2. The van der Waals surface area contributed by atoms with Crippen LogP contribution in [-0.4, -0.2) is 27.1 Å². The average Bonchev–Trinajstić information content (AvgIpc) is 2.95. The zero-order chi connectivity index (χ0) is 25.3. The van der Waals surface area contributed by atoms with E-state index in [0.717, 1.165) is 19.4 Å². The first-order chi connectivity index (χ1) is 17.8. The van der Waals surface area contributed by atoms with Crippen LogP contribution in [-0.2, 0) is 19.8 Å². The van der Waals surface area contributed by atoms with Crippen LogP contribution >= 0.6 is 0 Å². The third kappa shape index (κ3) is 8.30. The molecule has 3 rings (SSSR count). The van der Waals surface area contributed by atoms with Gasteiger partial charge in [-0.3, -0.25) is 0 Å². The van der Waals surface area contributed by atoms with Gasteiger partial charge < -0.3 is 14.2 Å². The Hall–Kier alpha value is -2.46. The summed E-state index contributed by atoms with van der Waals surface area (Å²) in [6.45, 7) is 0.735. The molecule has 3 aromatic rings. The third-order valence-corrected chi connectivity index (χ3v) is 6.97. The molecule has 0 radical (unpaired) electrons. The normalized spacial score (nSPS) is 11.8. The molecule has 36 heavy (non-hydrogen) atoms. The Balaban J connectivity index is 1.48. The highest BCUT2D eigenvalue weighted by atomic mass is 16.7. The minimum Gasteiger partial charge on any atom is -0.361 e. The second-order valence-corrected chi connectivity index (χ2v) is 9.50. The molecule has 0 spiro atoms. The maximum Gasteiger partial charge on any atom is 0.156 e. The van der Waals surface area contributed by atoms with Crippen molar-refractivity contribution in [1.82, 2.24) is 0 Å². The van der Waals surface area contributed by atoms with Crippen LogP contribution in [0, 0.1) is 0 Å². The van der Waals surface area contributed by atoms with E-state index in [4.69, 9.17) is 14.2 Å². The summed E-state index contributed by atoms with van der Waals surface area (Å²) in [6.07, 6.45) is 12.2. The van der Waals surface area contributed by atoms with Crippen molar-refractivity contribution in [2.75, 3.05) is 20.8 Å². The molecule has 0 saturated carbocycles. The van der Waals surface area contributed by atoms with E-state index in [0.29, 0.717) is 0 Å². The smallest absolute Gasteiger partial charge is 0.156 e. The molecule has 3 heteroatoms. The molecule has 0 saturated heterocycles. The van der Waals surface area contributed by atoms with Gasteiger partial charge in [0, 0.05) is 20.8 Å². The van der Waals surface area contributed by atoms with Gasteiger partial charge in [-0.15, -0.1) is 0 Å². The maximum absolute atomic E-state index is 6.88. The van der Waals surface area contributed by atoms with Crippen LogP contribution in [0.5, 0.6) is 0 Å². The van der Waals surface area contributed by atoms with E-state index in [-0.39, 0.29) is 6.29 Å². The van der Waals surface area contributed by atoms with Crippen molar-refractivity contribution in [3.8, 4) is 0 Å². The number of ether oxygens (including phenoxy) is 3. The van der Waals surface area contributed by atoms with Gasteiger partial charge in [-0.2, -0.15) is 0 Å². The van der Waals surface area contributed by atoms with Gasteiger partial charge in [-0.25, -0.2) is 0 Å². The van der Waals surface area contributed by atoms with Crippen LogP contribution in [0.15, 0.2) is 91.0 Å². The van der Waals surface area contributed by atoms with Crippen LogP contribution < -0.4 is 0 Å². The Morgan fingerprint density at radius 2 is 0.861 bits per heavy atom. The fraction of sp³-hybridized carbons (Fsp3) is 0.455. The Morgan fingerprint density at radius 3 is 1.25 bits per heavy atom. The number of unbranched alkanes of at least 4 members (excludes halogenated alkanes) is 8. The van der Waals surface area contributed by atoms with E-state index in [1.807, 2.05) is 0 Å². The van der Waals surface area contributed by atoms with E-state index >= 15 is 0 Å². The van der Waals surface area contributed by atoms with Crippen molar-refractivity contribution in [2.24, 2.45) is 0 Å². The van der Waals surface area contributed by atoms with Gasteiger partial charge in [-0.05, 0) is 36.0 Å². The monoisotopic (exact) mass is 488 g/mol. The largest absolute Gasteiger partial charge is 0.361 e. The number of hydrogen-bond acceptors (Lipinski definition) is 3. The summed E-state index contributed by atoms with van der Waals surface area (Å²) < 4.78 is 17.4. The van der Waals surface area contributed by atoms with Crippen molar-refractivity contribution in [3.63, 3.8) is 0 Å². The molecule has 0 N–H and O–H groups in total. The molecule has 0 atom stereocenters. The van der Waals surface area contributed by atoms with E-state index in [9.17, 15) is 0 Å². The van der Waals surface area contributed by atoms with Crippen molar-refractivity contribution < 1.29 is 14.2 Å². The SMILES string of the molecule is COC(CCCCCCCCCCCOC(c1ccccc1)(c1ccccc1)c1ccccc1)OC. The predicted molar refractivity (Wildman–Crippen MR) is 149 cm³/mol. The Bertz CT molecular complexity index is 826. The molecular weight excluding hydrogens is 444 g/mol. The van der Waals surface area contributed by atoms with E-state index < -0.39 is 5.60 Å². The van der Waals surface area contributed by atoms with Gasteiger partial charge >= 0.3 is 0 Å². The number of methoxy groups -OCH3 is 2. The van der Waals surface area contributed by atoms with Crippen LogP contribution in [0.3, 0.4) is 0 Å². The minimum atomic E-state index is -0.603. The van der Waals surface area contributed by atoms with E-state index in [2.05, 4.69) is 91.0 Å². The topological polar surface area (TPSA) is 27.7 Å². The average molecular weight is 489 g/mol. The first-order valence-electron chi connectivity index (χ1n) is 13.7. The maximum atomic E-state index is 6.88. The third-order valence-electron chi connectivity index (χ3n) is 6.97. The quantitative estimate of drug-likeness (QED) is 0.102. The Morgan fingerprint density at radius 1 is 0.500 bits per heavy atom. The van der Waals surface area contributed by atoms with Crippen molar-refractivity contribution in [2.45, 2.75) is 76.1 Å². The molecule has 0 aliphatic rings. The molecule has 0 fully saturated rings. The molecule has 0 aromatic heterocycles. The molecular formula is C33H44O3. The van der Waals surface area contributed by atoms with Crippen LogP contribution in [0.25, 0.3) is 0 Å². The summed E-state index contributed by atoms with van der Waals surface area (Å²) in [5, 5.41) is 0. The molecule has 3 nitrogen and oxygen atoms in total. The lowest BCUT2D eigenvalue weighted by Crippen LogP contribution is -2.33. The van der Waals surface area contributed by atoms with Gasteiger partial charge in [0.15, 0.2) is 6.29 Å². The highest BCUT2D eigenvalue weighted by Crippen LogP contribution is 2.40. The van der Waals surface area contributed by atoms with Crippen molar-refractivity contribution in [1.29, 1.82) is 0 Å². The zero-order valence-electron chi connectivity index (χ0n) is 22.2. The number of rotatable bonds is 18. The fourth-order valence-electron chi connectivity index (χ4n) is 4.98. The molecule has 0 unspecified atom stereocenters. The van der Waals surface area contributed by atoms with Crippen molar-refractivity contribution >= 4 is 0 Å². The van der Waals surface area contributed by atoms with Gasteiger partial charge in [0.05, 0.1) is 0 Å². The summed E-state index contributed by atoms with van der Waals surface area (Å²) in [7, 11) is 3.42. The van der Waals surface area contributed by atoms with Crippen LogP contribution in [0.1, 0.15) is 80.9 Å². The number of benzene rings is 3. The lowest BCUT2D eigenvalue weighted by molar-refractivity contribution is -0.107. The van der Waals surface area contributed by atoms with Crippen molar-refractivity contribution in [3.05, 3.63) is 108 Å². The second kappa shape index (κ2) is 16.3. The van der Waals surface area contributed by atoms with Gasteiger partial charge in [0.1, 0.15) is 5.60 Å². The Kier molecular flexibility index (Phi) is 12.7. The summed E-state index contributed by atoms with van der Waals surface area (Å²) in [6, 6.07) is 31.9. The van der Waals surface area contributed by atoms with Crippen LogP contribution in [0.4, 0.5) is 0 Å². The lowest BCUT2D eigenvalue weighted by Gasteiger charge is -2.36. The van der Waals surface area contributed by atoms with Gasteiger partial charge in [0.2, 0.25) is 0 Å². The molecule has 194 valence electrons. The van der Waals surface area contributed by atoms with E-state index in [1.54, 1.807) is 14.2 Å². The highest BCUT2D eigenvalue weighted by molar-refractivity contribution is 5.47. The molecule has 0 amide bonds. The predicted octanol–water partition coefficient (Wildman–Crippen LogP) is 8.52. The number of hydrogen-bond donors (Lipinski definition) is 0. The summed E-state index contributed by atoms with van der Waals surface area (Å²) in [5.41, 5.74) is 2.91. The highest BCUT2D eigenvalue weighted by Gasteiger charge is 2.37. The summed E-state index contributed by atoms with van der Waals surface area (Å²) in [5.74, 6) is 0. The molecule has 0 heterocycles. The minimum absolute atomic E-state index is 0.0448. The summed E-state index contributed by atoms with van der Waals surface area (Å²) >= 11 is 0. The van der Waals surface area contributed by atoms with E-state index in [1.165, 1.54) is 68.1 Å². The first kappa shape index (κ1) is 28.1. The first-order valence-corrected chi connectivity index (χ1v) is 13.7. The second-order valence-electron chi connectivity index (χ2n) is 9.50. The van der Waals surface area contributed by atoms with Gasteiger partial charge in [-0.1, -0.05) is 136 Å².